The van der Waals surface area contributed by atoms with Gasteiger partial charge in [-0.3, -0.25) is 9.69 Å². The van der Waals surface area contributed by atoms with E-state index in [1.165, 1.54) is 23.3 Å². The van der Waals surface area contributed by atoms with Gasteiger partial charge in [0.05, 0.1) is 20.8 Å². The Hall–Kier alpha value is -2.05. The van der Waals surface area contributed by atoms with Crippen molar-refractivity contribution in [3.63, 3.8) is 0 Å². The number of nitrogens with zero attached hydrogens (tertiary/aromatic N) is 2. The number of hydrogen-bond donors (Lipinski definition) is 0. The summed E-state index contributed by atoms with van der Waals surface area (Å²) in [5.74, 6) is -2.77. The summed E-state index contributed by atoms with van der Waals surface area (Å²) in [5.41, 5.74) is 0.654. The topological polar surface area (TPSA) is 33.2 Å². The van der Waals surface area contributed by atoms with Crippen LogP contribution in [-0.2, 0) is 0 Å². The van der Waals surface area contributed by atoms with Crippen molar-refractivity contribution < 1.29 is 13.6 Å². The SMILES string of the molecule is CN(C(=O)c1cc(F)c(F)cc1Cl)c1nc2ccccc2s1. The van der Waals surface area contributed by atoms with E-state index in [2.05, 4.69) is 4.98 Å². The normalized spacial score (nSPS) is 10.9. The van der Waals surface area contributed by atoms with E-state index in [1.807, 2.05) is 24.3 Å². The Balaban J connectivity index is 1.99. The van der Waals surface area contributed by atoms with Gasteiger partial charge < -0.3 is 0 Å². The average molecular weight is 339 g/mol. The van der Waals surface area contributed by atoms with Gasteiger partial charge in [-0.15, -0.1) is 0 Å². The molecule has 0 unspecified atom stereocenters. The average Bonchev–Trinajstić information content (AvgIpc) is 2.93. The number of rotatable bonds is 2. The molecule has 2 aromatic carbocycles. The molecule has 22 heavy (non-hydrogen) atoms. The molecule has 7 heteroatoms. The van der Waals surface area contributed by atoms with Crippen LogP contribution in [0.25, 0.3) is 10.2 Å². The first-order chi connectivity index (χ1) is 10.5. The van der Waals surface area contributed by atoms with Crippen LogP contribution in [0.5, 0.6) is 0 Å². The predicted octanol–water partition coefficient (Wildman–Crippen LogP) is 4.50. The van der Waals surface area contributed by atoms with E-state index in [-0.39, 0.29) is 10.6 Å². The van der Waals surface area contributed by atoms with Crippen molar-refractivity contribution in [1.29, 1.82) is 0 Å². The summed E-state index contributed by atoms with van der Waals surface area (Å²) >= 11 is 7.16. The van der Waals surface area contributed by atoms with Crippen LogP contribution in [0.3, 0.4) is 0 Å². The van der Waals surface area contributed by atoms with Gasteiger partial charge >= 0.3 is 0 Å². The maximum Gasteiger partial charge on any atom is 0.261 e. The molecule has 3 nitrogen and oxygen atoms in total. The molecule has 3 aromatic rings. The molecule has 0 fully saturated rings. The molecule has 0 saturated carbocycles. The summed E-state index contributed by atoms with van der Waals surface area (Å²) in [6, 6.07) is 9.02. The predicted molar refractivity (Wildman–Crippen MR) is 83.7 cm³/mol. The fraction of sp³-hybridized carbons (Fsp3) is 0.0667. The Morgan fingerprint density at radius 1 is 1.23 bits per heavy atom. The molecule has 0 spiro atoms. The zero-order valence-corrected chi connectivity index (χ0v) is 12.9. The van der Waals surface area contributed by atoms with Crippen molar-refractivity contribution in [1.82, 2.24) is 4.98 Å². The number of benzene rings is 2. The van der Waals surface area contributed by atoms with Gasteiger partial charge in [-0.05, 0) is 24.3 Å². The largest absolute Gasteiger partial charge is 0.287 e. The summed E-state index contributed by atoms with van der Waals surface area (Å²) in [7, 11) is 1.51. The monoisotopic (exact) mass is 338 g/mol. The third kappa shape index (κ3) is 2.55. The number of amides is 1. The Morgan fingerprint density at radius 2 is 1.91 bits per heavy atom. The van der Waals surface area contributed by atoms with Gasteiger partial charge in [0.2, 0.25) is 0 Å². The molecule has 1 amide bonds. The molecule has 0 atom stereocenters. The summed E-state index contributed by atoms with van der Waals surface area (Å²) < 4.78 is 27.4. The maximum absolute atomic E-state index is 13.3. The van der Waals surface area contributed by atoms with E-state index in [1.54, 1.807) is 0 Å². The van der Waals surface area contributed by atoms with Gasteiger partial charge in [-0.1, -0.05) is 35.1 Å². The third-order valence-electron chi connectivity index (χ3n) is 3.11. The van der Waals surface area contributed by atoms with Crippen LogP contribution in [0.2, 0.25) is 5.02 Å². The third-order valence-corrected chi connectivity index (χ3v) is 4.54. The van der Waals surface area contributed by atoms with Gasteiger partial charge in [-0.2, -0.15) is 0 Å². The smallest absolute Gasteiger partial charge is 0.261 e. The molecule has 1 aromatic heterocycles. The molecule has 0 N–H and O–H groups in total. The van der Waals surface area contributed by atoms with E-state index >= 15 is 0 Å². The quantitative estimate of drug-likeness (QED) is 0.644. The van der Waals surface area contributed by atoms with Crippen molar-refractivity contribution in [2.45, 2.75) is 0 Å². The standard InChI is InChI=1S/C15H9ClF2N2OS/c1-20(15-19-12-4-2-3-5-13(12)22-15)14(21)8-6-10(17)11(18)7-9(8)16/h2-7H,1H3. The summed E-state index contributed by atoms with van der Waals surface area (Å²) in [5, 5.41) is 0.309. The van der Waals surface area contributed by atoms with Crippen LogP contribution in [0, 0.1) is 11.6 Å². The lowest BCUT2D eigenvalue weighted by molar-refractivity contribution is 0.0992. The van der Waals surface area contributed by atoms with E-state index in [0.717, 1.165) is 22.3 Å². The van der Waals surface area contributed by atoms with E-state index in [9.17, 15) is 13.6 Å². The van der Waals surface area contributed by atoms with Gasteiger partial charge in [-0.25, -0.2) is 13.8 Å². The zero-order valence-electron chi connectivity index (χ0n) is 11.3. The number of anilines is 1. The summed E-state index contributed by atoms with van der Waals surface area (Å²) in [6.45, 7) is 0. The first-order valence-electron chi connectivity index (χ1n) is 6.25. The lowest BCUT2D eigenvalue weighted by Gasteiger charge is -2.14. The van der Waals surface area contributed by atoms with Crippen molar-refractivity contribution in [2.24, 2.45) is 0 Å². The van der Waals surface area contributed by atoms with Crippen molar-refractivity contribution in [3.8, 4) is 0 Å². The lowest BCUT2D eigenvalue weighted by atomic mass is 10.2. The second-order valence-electron chi connectivity index (χ2n) is 4.57. The first kappa shape index (κ1) is 14.9. The number of carbonyl (C=O) groups excluding carboxylic acids is 1. The van der Waals surface area contributed by atoms with Crippen molar-refractivity contribution >= 4 is 44.2 Å². The second-order valence-corrected chi connectivity index (χ2v) is 5.99. The highest BCUT2D eigenvalue weighted by molar-refractivity contribution is 7.22. The number of halogens is 3. The highest BCUT2D eigenvalue weighted by Crippen LogP contribution is 2.30. The Morgan fingerprint density at radius 3 is 2.64 bits per heavy atom. The number of thiazole rings is 1. The highest BCUT2D eigenvalue weighted by atomic mass is 35.5. The minimum atomic E-state index is -1.12. The first-order valence-corrected chi connectivity index (χ1v) is 7.45. The molecule has 0 bridgehead atoms. The molecule has 0 aliphatic carbocycles. The minimum absolute atomic E-state index is 0.109. The minimum Gasteiger partial charge on any atom is -0.287 e. The number of aromatic nitrogens is 1. The lowest BCUT2D eigenvalue weighted by Crippen LogP contribution is -2.26. The number of carbonyl (C=O) groups is 1. The molecular weight excluding hydrogens is 330 g/mol. The van der Waals surface area contributed by atoms with E-state index in [4.69, 9.17) is 11.6 Å². The summed E-state index contributed by atoms with van der Waals surface area (Å²) in [4.78, 5) is 18.0. The van der Waals surface area contributed by atoms with Crippen LogP contribution in [-0.4, -0.2) is 17.9 Å². The highest BCUT2D eigenvalue weighted by Gasteiger charge is 2.21. The molecule has 112 valence electrons. The number of fused-ring (bicyclic) bond motifs is 1. The Kier molecular flexibility index (Phi) is 3.80. The maximum atomic E-state index is 13.3. The van der Waals surface area contributed by atoms with Crippen LogP contribution in [0.15, 0.2) is 36.4 Å². The van der Waals surface area contributed by atoms with Gasteiger partial charge in [0.15, 0.2) is 16.8 Å². The Bertz CT molecular complexity index is 848. The van der Waals surface area contributed by atoms with E-state index in [0.29, 0.717) is 5.13 Å². The number of hydrogen-bond acceptors (Lipinski definition) is 3. The van der Waals surface area contributed by atoms with Gasteiger partial charge in [0, 0.05) is 7.05 Å². The zero-order chi connectivity index (χ0) is 15.9. The van der Waals surface area contributed by atoms with Gasteiger partial charge in [0.25, 0.3) is 5.91 Å². The van der Waals surface area contributed by atoms with Crippen LogP contribution < -0.4 is 4.90 Å². The fourth-order valence-electron chi connectivity index (χ4n) is 1.96. The number of para-hydroxylation sites is 1. The van der Waals surface area contributed by atoms with Crippen molar-refractivity contribution in [3.05, 3.63) is 58.6 Å². The summed E-state index contributed by atoms with van der Waals surface area (Å²) in [6.07, 6.45) is 0. The molecule has 0 saturated heterocycles. The fourth-order valence-corrected chi connectivity index (χ4v) is 3.11. The molecule has 0 aliphatic rings. The molecular formula is C15H9ClF2N2OS. The molecule has 0 aliphatic heterocycles. The molecule has 3 rings (SSSR count). The van der Waals surface area contributed by atoms with Crippen LogP contribution in [0.4, 0.5) is 13.9 Å². The van der Waals surface area contributed by atoms with Gasteiger partial charge in [0.1, 0.15) is 0 Å². The molecule has 1 heterocycles. The second kappa shape index (κ2) is 5.62. The van der Waals surface area contributed by atoms with E-state index < -0.39 is 17.5 Å². The van der Waals surface area contributed by atoms with Crippen LogP contribution >= 0.6 is 22.9 Å². The van der Waals surface area contributed by atoms with Crippen LogP contribution in [0.1, 0.15) is 10.4 Å². The molecule has 0 radical (unpaired) electrons. The Labute approximate surface area is 133 Å². The van der Waals surface area contributed by atoms with Crippen molar-refractivity contribution in [2.75, 3.05) is 11.9 Å².